The second-order valence-electron chi connectivity index (χ2n) is 5.48. The van der Waals surface area contributed by atoms with E-state index in [9.17, 15) is 4.79 Å². The third kappa shape index (κ3) is 3.93. The van der Waals surface area contributed by atoms with E-state index in [4.69, 9.17) is 0 Å². The van der Waals surface area contributed by atoms with Crippen molar-refractivity contribution in [2.45, 2.75) is 19.3 Å². The van der Waals surface area contributed by atoms with Crippen LogP contribution in [0.4, 0.5) is 5.82 Å². The van der Waals surface area contributed by atoms with Crippen molar-refractivity contribution in [3.63, 3.8) is 0 Å². The van der Waals surface area contributed by atoms with Gasteiger partial charge in [-0.15, -0.1) is 0 Å². The van der Waals surface area contributed by atoms with Crippen LogP contribution in [-0.4, -0.2) is 56.1 Å². The van der Waals surface area contributed by atoms with E-state index >= 15 is 0 Å². The van der Waals surface area contributed by atoms with Gasteiger partial charge in [0.2, 0.25) is 0 Å². The molecule has 0 aromatic carbocycles. The monoisotopic (exact) mass is 276 g/mol. The minimum absolute atomic E-state index is 0.0273. The van der Waals surface area contributed by atoms with Gasteiger partial charge in [0.25, 0.3) is 5.91 Å². The van der Waals surface area contributed by atoms with Gasteiger partial charge in [-0.05, 0) is 45.5 Å². The van der Waals surface area contributed by atoms with Crippen molar-refractivity contribution in [2.24, 2.45) is 0 Å². The molecule has 1 aliphatic heterocycles. The maximum absolute atomic E-state index is 12.3. The number of rotatable bonds is 5. The standard InChI is InChI=1S/C15H24N4O/c1-18(2)12-9-17-15(20)13-7-6-8-16-14(13)19-10-4-3-5-11-19/h6-8H,3-5,9-12H2,1-2H3,(H,17,20). The zero-order valence-electron chi connectivity index (χ0n) is 12.4. The maximum Gasteiger partial charge on any atom is 0.255 e. The predicted molar refractivity (Wildman–Crippen MR) is 81.2 cm³/mol. The van der Waals surface area contributed by atoms with Crippen molar-refractivity contribution in [1.29, 1.82) is 0 Å². The summed E-state index contributed by atoms with van der Waals surface area (Å²) in [5, 5.41) is 2.96. The highest BCUT2D eigenvalue weighted by Gasteiger charge is 2.19. The molecular weight excluding hydrogens is 252 g/mol. The first-order valence-corrected chi connectivity index (χ1v) is 7.31. The summed E-state index contributed by atoms with van der Waals surface area (Å²) in [5.41, 5.74) is 0.688. The molecule has 20 heavy (non-hydrogen) atoms. The molecule has 0 atom stereocenters. The topological polar surface area (TPSA) is 48.5 Å². The van der Waals surface area contributed by atoms with E-state index < -0.39 is 0 Å². The number of nitrogens with one attached hydrogen (secondary N) is 1. The average molecular weight is 276 g/mol. The molecule has 0 unspecified atom stereocenters. The van der Waals surface area contributed by atoms with E-state index in [2.05, 4.69) is 20.1 Å². The average Bonchev–Trinajstić information content (AvgIpc) is 2.47. The number of likely N-dealkylation sites (N-methyl/N-ethyl adjacent to an activating group) is 1. The Morgan fingerprint density at radius 2 is 2.10 bits per heavy atom. The molecule has 2 rings (SSSR count). The fourth-order valence-electron chi connectivity index (χ4n) is 2.42. The molecule has 1 aromatic heterocycles. The van der Waals surface area contributed by atoms with Gasteiger partial charge in [-0.25, -0.2) is 4.98 Å². The zero-order chi connectivity index (χ0) is 14.4. The lowest BCUT2D eigenvalue weighted by atomic mass is 10.1. The molecule has 5 heteroatoms. The number of aromatic nitrogens is 1. The highest BCUT2D eigenvalue weighted by molar-refractivity contribution is 5.98. The van der Waals surface area contributed by atoms with Crippen LogP contribution in [-0.2, 0) is 0 Å². The van der Waals surface area contributed by atoms with Gasteiger partial charge in [-0.3, -0.25) is 4.79 Å². The second-order valence-corrected chi connectivity index (χ2v) is 5.48. The van der Waals surface area contributed by atoms with Crippen molar-refractivity contribution in [3.8, 4) is 0 Å². The van der Waals surface area contributed by atoms with E-state index in [1.54, 1.807) is 6.20 Å². The largest absolute Gasteiger partial charge is 0.356 e. The fourth-order valence-corrected chi connectivity index (χ4v) is 2.42. The number of hydrogen-bond acceptors (Lipinski definition) is 4. The summed E-state index contributed by atoms with van der Waals surface area (Å²) in [6.07, 6.45) is 5.39. The Kier molecular flexibility index (Phi) is 5.35. The van der Waals surface area contributed by atoms with Gasteiger partial charge in [-0.1, -0.05) is 0 Å². The molecule has 1 N–H and O–H groups in total. The first kappa shape index (κ1) is 14.8. The van der Waals surface area contributed by atoms with Crippen molar-refractivity contribution >= 4 is 11.7 Å². The molecule has 1 saturated heterocycles. The Hall–Kier alpha value is -1.62. The minimum atomic E-state index is -0.0273. The SMILES string of the molecule is CN(C)CCNC(=O)c1cccnc1N1CCCCC1. The Morgan fingerprint density at radius 1 is 1.35 bits per heavy atom. The summed E-state index contributed by atoms with van der Waals surface area (Å²) in [7, 11) is 3.99. The van der Waals surface area contributed by atoms with Crippen LogP contribution in [0, 0.1) is 0 Å². The summed E-state index contributed by atoms with van der Waals surface area (Å²) in [6, 6.07) is 3.69. The Labute approximate surface area is 121 Å². The first-order chi connectivity index (χ1) is 9.68. The smallest absolute Gasteiger partial charge is 0.255 e. The third-order valence-corrected chi connectivity index (χ3v) is 3.53. The van der Waals surface area contributed by atoms with E-state index in [0.717, 1.165) is 25.5 Å². The highest BCUT2D eigenvalue weighted by atomic mass is 16.1. The number of carbonyl (C=O) groups excluding carboxylic acids is 1. The molecule has 1 fully saturated rings. The molecule has 5 nitrogen and oxygen atoms in total. The van der Waals surface area contributed by atoms with E-state index in [-0.39, 0.29) is 5.91 Å². The molecule has 0 aliphatic carbocycles. The number of amides is 1. The Morgan fingerprint density at radius 3 is 2.80 bits per heavy atom. The van der Waals surface area contributed by atoms with Gasteiger partial charge < -0.3 is 15.1 Å². The molecule has 1 amide bonds. The number of piperidine rings is 1. The van der Waals surface area contributed by atoms with Gasteiger partial charge in [-0.2, -0.15) is 0 Å². The van der Waals surface area contributed by atoms with Crippen LogP contribution in [0.25, 0.3) is 0 Å². The van der Waals surface area contributed by atoms with Gasteiger partial charge in [0, 0.05) is 32.4 Å². The van der Waals surface area contributed by atoms with Crippen LogP contribution in [0.15, 0.2) is 18.3 Å². The number of pyridine rings is 1. The van der Waals surface area contributed by atoms with Crippen molar-refractivity contribution in [2.75, 3.05) is 45.2 Å². The summed E-state index contributed by atoms with van der Waals surface area (Å²) in [5.74, 6) is 0.801. The molecule has 0 bridgehead atoms. The van der Waals surface area contributed by atoms with E-state index in [1.807, 2.05) is 26.2 Å². The summed E-state index contributed by atoms with van der Waals surface area (Å²) >= 11 is 0. The second kappa shape index (κ2) is 7.24. The molecular formula is C15H24N4O. The van der Waals surface area contributed by atoms with Crippen LogP contribution in [0.2, 0.25) is 0 Å². The van der Waals surface area contributed by atoms with Gasteiger partial charge in [0.05, 0.1) is 5.56 Å². The van der Waals surface area contributed by atoms with Crippen molar-refractivity contribution < 1.29 is 4.79 Å². The summed E-state index contributed by atoms with van der Waals surface area (Å²) in [4.78, 5) is 21.0. The van der Waals surface area contributed by atoms with Crippen LogP contribution >= 0.6 is 0 Å². The zero-order valence-corrected chi connectivity index (χ0v) is 12.4. The molecule has 0 radical (unpaired) electrons. The normalized spacial score (nSPS) is 15.4. The number of hydrogen-bond donors (Lipinski definition) is 1. The van der Waals surface area contributed by atoms with Crippen LogP contribution in [0.5, 0.6) is 0 Å². The van der Waals surface area contributed by atoms with E-state index in [0.29, 0.717) is 12.1 Å². The fraction of sp³-hybridized carbons (Fsp3) is 0.600. The van der Waals surface area contributed by atoms with Gasteiger partial charge >= 0.3 is 0 Å². The lowest BCUT2D eigenvalue weighted by molar-refractivity contribution is 0.0951. The highest BCUT2D eigenvalue weighted by Crippen LogP contribution is 2.21. The molecule has 0 saturated carbocycles. The van der Waals surface area contributed by atoms with Crippen LogP contribution in [0.1, 0.15) is 29.6 Å². The molecule has 110 valence electrons. The third-order valence-electron chi connectivity index (χ3n) is 3.53. The quantitative estimate of drug-likeness (QED) is 0.882. The molecule has 1 aromatic rings. The van der Waals surface area contributed by atoms with Crippen molar-refractivity contribution in [3.05, 3.63) is 23.9 Å². The number of carbonyl (C=O) groups is 1. The first-order valence-electron chi connectivity index (χ1n) is 7.31. The van der Waals surface area contributed by atoms with Crippen molar-refractivity contribution in [1.82, 2.24) is 15.2 Å². The number of nitrogens with zero attached hydrogens (tertiary/aromatic N) is 3. The lowest BCUT2D eigenvalue weighted by Gasteiger charge is -2.29. The summed E-state index contributed by atoms with van der Waals surface area (Å²) in [6.45, 7) is 3.48. The lowest BCUT2D eigenvalue weighted by Crippen LogP contribution is -2.35. The van der Waals surface area contributed by atoms with Gasteiger partial charge in [0.1, 0.15) is 5.82 Å². The van der Waals surface area contributed by atoms with E-state index in [1.165, 1.54) is 19.3 Å². The predicted octanol–water partition coefficient (Wildman–Crippen LogP) is 1.36. The number of anilines is 1. The molecule has 0 spiro atoms. The molecule has 2 heterocycles. The van der Waals surface area contributed by atoms with Crippen LogP contribution < -0.4 is 10.2 Å². The van der Waals surface area contributed by atoms with Crippen LogP contribution in [0.3, 0.4) is 0 Å². The Balaban J connectivity index is 2.04. The minimum Gasteiger partial charge on any atom is -0.356 e. The molecule has 1 aliphatic rings. The van der Waals surface area contributed by atoms with Gasteiger partial charge in [0.15, 0.2) is 0 Å². The Bertz CT molecular complexity index is 441. The summed E-state index contributed by atoms with van der Waals surface area (Å²) < 4.78 is 0. The maximum atomic E-state index is 12.3.